The summed E-state index contributed by atoms with van der Waals surface area (Å²) in [5.74, 6) is -2.85. The predicted octanol–water partition coefficient (Wildman–Crippen LogP) is 5.15. The van der Waals surface area contributed by atoms with Gasteiger partial charge in [-0.1, -0.05) is 42.5 Å². The first-order valence-corrected chi connectivity index (χ1v) is 11.7. The Morgan fingerprint density at radius 1 is 0.500 bits per heavy atom. The lowest BCUT2D eigenvalue weighted by atomic mass is 10.1. The number of phenolic OH excluding ortho intramolecular Hbond substituents is 4. The third-order valence-electron chi connectivity index (χ3n) is 5.98. The fraction of sp³-hybridized carbons (Fsp3) is 0. The largest absolute Gasteiger partial charge is 0.508 e. The smallest absolute Gasteiger partial charge is 0.238 e. The van der Waals surface area contributed by atoms with Crippen molar-refractivity contribution in [1.82, 2.24) is 0 Å². The van der Waals surface area contributed by atoms with Crippen LogP contribution in [0, 0.1) is 0 Å². The minimum absolute atomic E-state index is 0.134. The van der Waals surface area contributed by atoms with Gasteiger partial charge in [-0.3, -0.25) is 9.59 Å². The van der Waals surface area contributed by atoms with Crippen LogP contribution < -0.4 is 10.9 Å². The van der Waals surface area contributed by atoms with Crippen molar-refractivity contribution in [1.29, 1.82) is 0 Å². The van der Waals surface area contributed by atoms with Crippen molar-refractivity contribution in [3.8, 4) is 57.1 Å². The molecule has 4 aromatic carbocycles. The maximum Gasteiger partial charge on any atom is 0.238 e. The van der Waals surface area contributed by atoms with Crippen molar-refractivity contribution in [3.05, 3.63) is 105 Å². The number of para-hydroxylation sites is 1. The van der Waals surface area contributed by atoms with Gasteiger partial charge in [0.25, 0.3) is 0 Å². The molecular formula is C30H20O10. The standard InChI is InChI=1S/C15H10O7.C15H10O3/c16-7-4-10(19)12-11(5-7)22-15(14(21)13(12)20)6-1-2-8(17)9(18)3-6;16-13-11-8-4-5-9-12(11)18-15(14(13)17)10-6-2-1-3-7-10/h1-5,16-19,21H;1-9,17H. The maximum absolute atomic E-state index is 12.1. The van der Waals surface area contributed by atoms with Gasteiger partial charge in [0.15, 0.2) is 23.0 Å². The number of rotatable bonds is 2. The Morgan fingerprint density at radius 2 is 1.12 bits per heavy atom. The molecule has 6 rings (SSSR count). The summed E-state index contributed by atoms with van der Waals surface area (Å²) in [7, 11) is 0. The van der Waals surface area contributed by atoms with Crippen molar-refractivity contribution >= 4 is 21.9 Å². The summed E-state index contributed by atoms with van der Waals surface area (Å²) in [6.07, 6.45) is 0. The summed E-state index contributed by atoms with van der Waals surface area (Å²) >= 11 is 0. The highest BCUT2D eigenvalue weighted by molar-refractivity contribution is 5.88. The molecule has 0 aliphatic heterocycles. The van der Waals surface area contributed by atoms with Gasteiger partial charge in [-0.25, -0.2) is 0 Å². The van der Waals surface area contributed by atoms with Crippen LogP contribution in [0.5, 0.6) is 34.5 Å². The van der Waals surface area contributed by atoms with Gasteiger partial charge in [0.2, 0.25) is 22.4 Å². The topological polar surface area (TPSA) is 182 Å². The lowest BCUT2D eigenvalue weighted by molar-refractivity contribution is 0.403. The van der Waals surface area contributed by atoms with E-state index in [4.69, 9.17) is 8.83 Å². The first-order chi connectivity index (χ1) is 19.2. The normalized spacial score (nSPS) is 10.8. The van der Waals surface area contributed by atoms with E-state index in [0.717, 1.165) is 24.3 Å². The van der Waals surface area contributed by atoms with E-state index in [-0.39, 0.29) is 45.3 Å². The van der Waals surface area contributed by atoms with Crippen LogP contribution in [-0.4, -0.2) is 30.6 Å². The van der Waals surface area contributed by atoms with E-state index >= 15 is 0 Å². The summed E-state index contributed by atoms with van der Waals surface area (Å²) in [5.41, 5.74) is -0.147. The number of benzene rings is 4. The average Bonchev–Trinajstić information content (AvgIpc) is 2.94. The molecule has 0 bridgehead atoms. The maximum atomic E-state index is 12.1. The quantitative estimate of drug-likeness (QED) is 0.161. The molecule has 0 radical (unpaired) electrons. The van der Waals surface area contributed by atoms with Gasteiger partial charge < -0.3 is 39.5 Å². The lowest BCUT2D eigenvalue weighted by Crippen LogP contribution is -2.02. The molecule has 200 valence electrons. The summed E-state index contributed by atoms with van der Waals surface area (Å²) in [6.45, 7) is 0. The Morgan fingerprint density at radius 3 is 1.85 bits per heavy atom. The van der Waals surface area contributed by atoms with Crippen molar-refractivity contribution in [3.63, 3.8) is 0 Å². The molecule has 0 saturated heterocycles. The summed E-state index contributed by atoms with van der Waals surface area (Å²) in [4.78, 5) is 24.2. The number of fused-ring (bicyclic) bond motifs is 2. The second-order valence-corrected chi connectivity index (χ2v) is 8.62. The Hall–Kier alpha value is -5.90. The predicted molar refractivity (Wildman–Crippen MR) is 146 cm³/mol. The first kappa shape index (κ1) is 25.7. The van der Waals surface area contributed by atoms with Crippen molar-refractivity contribution in [2.24, 2.45) is 0 Å². The minimum atomic E-state index is -0.888. The average molecular weight is 540 g/mol. The van der Waals surface area contributed by atoms with Gasteiger partial charge in [-0.2, -0.15) is 0 Å². The van der Waals surface area contributed by atoms with Crippen LogP contribution in [0.15, 0.2) is 103 Å². The summed E-state index contributed by atoms with van der Waals surface area (Å²) in [5, 5.41) is 58.0. The van der Waals surface area contributed by atoms with E-state index in [1.165, 1.54) is 6.07 Å². The molecule has 0 unspecified atom stereocenters. The molecular weight excluding hydrogens is 520 g/mol. The zero-order valence-electron chi connectivity index (χ0n) is 20.4. The van der Waals surface area contributed by atoms with Crippen LogP contribution in [0.4, 0.5) is 0 Å². The zero-order valence-corrected chi connectivity index (χ0v) is 20.4. The van der Waals surface area contributed by atoms with E-state index in [0.29, 0.717) is 16.5 Å². The molecule has 0 amide bonds. The van der Waals surface area contributed by atoms with Crippen molar-refractivity contribution in [2.75, 3.05) is 0 Å². The third-order valence-corrected chi connectivity index (χ3v) is 5.98. The monoisotopic (exact) mass is 540 g/mol. The minimum Gasteiger partial charge on any atom is -0.508 e. The molecule has 6 aromatic rings. The summed E-state index contributed by atoms with van der Waals surface area (Å²) < 4.78 is 11.0. The molecule has 0 aliphatic carbocycles. The molecule has 40 heavy (non-hydrogen) atoms. The molecule has 0 spiro atoms. The van der Waals surface area contributed by atoms with Gasteiger partial charge in [0.05, 0.1) is 5.39 Å². The SMILES string of the molecule is O=c1c(O)c(-c2ccc(O)c(O)c2)oc2cc(O)cc(O)c12.O=c1c(O)c(-c2ccccc2)oc2ccccc12. The van der Waals surface area contributed by atoms with Crippen molar-refractivity contribution < 1.29 is 39.5 Å². The van der Waals surface area contributed by atoms with E-state index in [1.807, 2.05) is 18.2 Å². The highest BCUT2D eigenvalue weighted by Gasteiger charge is 2.19. The molecule has 10 nitrogen and oxygen atoms in total. The molecule has 0 aliphatic rings. The first-order valence-electron chi connectivity index (χ1n) is 11.7. The molecule has 2 heterocycles. The van der Waals surface area contributed by atoms with E-state index < -0.39 is 28.1 Å². The molecule has 6 N–H and O–H groups in total. The number of aromatic hydroxyl groups is 6. The van der Waals surface area contributed by atoms with Crippen molar-refractivity contribution in [2.45, 2.75) is 0 Å². The van der Waals surface area contributed by atoms with E-state index in [2.05, 4.69) is 0 Å². The highest BCUT2D eigenvalue weighted by atomic mass is 16.4. The van der Waals surface area contributed by atoms with E-state index in [1.54, 1.807) is 36.4 Å². The van der Waals surface area contributed by atoms with Crippen LogP contribution in [0.2, 0.25) is 0 Å². The summed E-state index contributed by atoms with van der Waals surface area (Å²) in [6, 6.07) is 21.6. The molecule has 0 fully saturated rings. The molecule has 0 saturated carbocycles. The highest BCUT2D eigenvalue weighted by Crippen LogP contribution is 2.37. The Kier molecular flexibility index (Phi) is 6.50. The molecule has 2 aromatic heterocycles. The second kappa shape index (κ2) is 10.1. The van der Waals surface area contributed by atoms with Crippen LogP contribution >= 0.6 is 0 Å². The molecule has 0 atom stereocenters. The fourth-order valence-corrected chi connectivity index (χ4v) is 4.05. The van der Waals surface area contributed by atoms with Gasteiger partial charge in [-0.15, -0.1) is 0 Å². The zero-order chi connectivity index (χ0) is 28.6. The van der Waals surface area contributed by atoms with Crippen LogP contribution in [-0.2, 0) is 0 Å². The van der Waals surface area contributed by atoms with Gasteiger partial charge in [0.1, 0.15) is 28.1 Å². The van der Waals surface area contributed by atoms with Gasteiger partial charge >= 0.3 is 0 Å². The van der Waals surface area contributed by atoms with Crippen LogP contribution in [0.3, 0.4) is 0 Å². The van der Waals surface area contributed by atoms with Gasteiger partial charge in [0, 0.05) is 23.3 Å². The Bertz CT molecular complexity index is 2010. The van der Waals surface area contributed by atoms with Crippen LogP contribution in [0.25, 0.3) is 44.6 Å². The number of phenols is 4. The number of hydrogen-bond acceptors (Lipinski definition) is 10. The lowest BCUT2D eigenvalue weighted by Gasteiger charge is -2.08. The number of hydrogen-bond donors (Lipinski definition) is 6. The van der Waals surface area contributed by atoms with Crippen LogP contribution in [0.1, 0.15) is 0 Å². The fourth-order valence-electron chi connectivity index (χ4n) is 4.05. The van der Waals surface area contributed by atoms with Gasteiger partial charge in [-0.05, 0) is 30.3 Å². The Labute approximate surface area is 224 Å². The Balaban J connectivity index is 0.000000164. The third kappa shape index (κ3) is 4.61. The molecule has 10 heteroatoms. The second-order valence-electron chi connectivity index (χ2n) is 8.62. The van der Waals surface area contributed by atoms with E-state index in [9.17, 15) is 40.2 Å².